The second-order valence-corrected chi connectivity index (χ2v) is 9.29. The number of carbonyl (C=O) groups is 2. The summed E-state index contributed by atoms with van der Waals surface area (Å²) >= 11 is 0. The van der Waals surface area contributed by atoms with Crippen molar-refractivity contribution in [2.45, 2.75) is 38.9 Å². The van der Waals surface area contributed by atoms with Gasteiger partial charge in [-0.2, -0.15) is 5.26 Å². The summed E-state index contributed by atoms with van der Waals surface area (Å²) in [6, 6.07) is 18.7. The van der Waals surface area contributed by atoms with Gasteiger partial charge in [-0.1, -0.05) is 30.3 Å². The van der Waals surface area contributed by atoms with Crippen LogP contribution in [-0.4, -0.2) is 28.8 Å². The molecule has 8 nitrogen and oxygen atoms in total. The van der Waals surface area contributed by atoms with E-state index in [1.165, 1.54) is 17.0 Å². The average Bonchev–Trinajstić information content (AvgIpc) is 2.85. The molecule has 0 unspecified atom stereocenters. The molecule has 4 N–H and O–H groups in total. The summed E-state index contributed by atoms with van der Waals surface area (Å²) in [5.74, 6) is -1.37. The number of rotatable bonds is 9. The maximum Gasteiger partial charge on any atom is 0.319 e. The van der Waals surface area contributed by atoms with E-state index in [4.69, 9.17) is 11.0 Å². The molecule has 0 aliphatic carbocycles. The first-order valence-corrected chi connectivity index (χ1v) is 11.7. The number of urea groups is 1. The highest BCUT2D eigenvalue weighted by atomic mass is 19.1. The number of benzene rings is 3. The number of anilines is 1. The fourth-order valence-electron chi connectivity index (χ4n) is 3.78. The number of carbonyl (C=O) groups excluding carboxylic acids is 2. The zero-order chi connectivity index (χ0) is 27.7. The number of aliphatic imine (C=N–C) groups is 1. The molecule has 3 amide bonds. The van der Waals surface area contributed by atoms with Gasteiger partial charge in [-0.3, -0.25) is 9.69 Å². The quantitative estimate of drug-likeness (QED) is 0.220. The van der Waals surface area contributed by atoms with Gasteiger partial charge in [0.15, 0.2) is 5.96 Å². The number of hydrogen-bond donors (Lipinski definition) is 3. The van der Waals surface area contributed by atoms with Gasteiger partial charge in [-0.05, 0) is 67.3 Å². The van der Waals surface area contributed by atoms with Crippen molar-refractivity contribution in [1.82, 2.24) is 10.2 Å². The molecule has 10 heteroatoms. The van der Waals surface area contributed by atoms with Crippen LogP contribution < -0.4 is 16.4 Å². The van der Waals surface area contributed by atoms with Crippen LogP contribution in [0.2, 0.25) is 0 Å². The predicted octanol–water partition coefficient (Wildman–Crippen LogP) is 4.45. The lowest BCUT2D eigenvalue weighted by molar-refractivity contribution is -0.115. The standard InChI is InChI=1S/C28H28F2N6O2/c1-28(2,14-22-10-23(29)13-24(30)11-22)35-26(32)36(18-37)17-20-8-6-19(7-9-20)16-33-27(38)34-25-5-3-4-21(12-25)15-31/h3-13,18H,14,16-17H2,1-2H3,(H2,32,35)(H2,33,34,38). The minimum atomic E-state index is -0.822. The third kappa shape index (κ3) is 8.41. The van der Waals surface area contributed by atoms with Gasteiger partial charge in [-0.15, -0.1) is 0 Å². The van der Waals surface area contributed by atoms with Crippen molar-refractivity contribution in [2.75, 3.05) is 5.32 Å². The molecule has 0 heterocycles. The Morgan fingerprint density at radius 1 is 1.05 bits per heavy atom. The molecule has 0 radical (unpaired) electrons. The molecule has 3 rings (SSSR count). The zero-order valence-electron chi connectivity index (χ0n) is 21.0. The number of nitrogens with one attached hydrogen (secondary N) is 2. The number of amides is 3. The van der Waals surface area contributed by atoms with Crippen molar-refractivity contribution in [3.63, 3.8) is 0 Å². The normalized spacial score (nSPS) is 11.4. The largest absolute Gasteiger partial charge is 0.369 e. The van der Waals surface area contributed by atoms with Crippen molar-refractivity contribution in [3.05, 3.63) is 101 Å². The topological polar surface area (TPSA) is 124 Å². The van der Waals surface area contributed by atoms with Gasteiger partial charge in [0.2, 0.25) is 6.41 Å². The van der Waals surface area contributed by atoms with Gasteiger partial charge in [0.05, 0.1) is 23.7 Å². The summed E-state index contributed by atoms with van der Waals surface area (Å²) in [6.07, 6.45) is 0.784. The molecule has 0 saturated heterocycles. The lowest BCUT2D eigenvalue weighted by Gasteiger charge is -2.24. The van der Waals surface area contributed by atoms with Crippen molar-refractivity contribution in [3.8, 4) is 6.07 Å². The maximum atomic E-state index is 13.5. The molecule has 196 valence electrons. The van der Waals surface area contributed by atoms with Crippen LogP contribution in [0.1, 0.15) is 36.1 Å². The van der Waals surface area contributed by atoms with Crippen LogP contribution in [0.25, 0.3) is 0 Å². The third-order valence-corrected chi connectivity index (χ3v) is 5.48. The van der Waals surface area contributed by atoms with E-state index in [-0.39, 0.29) is 25.5 Å². The van der Waals surface area contributed by atoms with Crippen LogP contribution in [0, 0.1) is 23.0 Å². The Morgan fingerprint density at radius 2 is 1.71 bits per heavy atom. The zero-order valence-corrected chi connectivity index (χ0v) is 21.0. The lowest BCUT2D eigenvalue weighted by atomic mass is 9.95. The first kappa shape index (κ1) is 27.8. The van der Waals surface area contributed by atoms with E-state index in [1.54, 1.807) is 50.2 Å². The molecular formula is C28H28F2N6O2. The number of nitrogens with two attached hydrogens (primary N) is 1. The minimum Gasteiger partial charge on any atom is -0.369 e. The highest BCUT2D eigenvalue weighted by molar-refractivity contribution is 5.89. The van der Waals surface area contributed by atoms with Crippen LogP contribution in [0.3, 0.4) is 0 Å². The molecule has 0 atom stereocenters. The van der Waals surface area contributed by atoms with Gasteiger partial charge < -0.3 is 16.4 Å². The number of guanidine groups is 1. The second-order valence-electron chi connectivity index (χ2n) is 9.29. The fourth-order valence-corrected chi connectivity index (χ4v) is 3.78. The van der Waals surface area contributed by atoms with E-state index in [0.717, 1.165) is 17.2 Å². The molecule has 0 spiro atoms. The first-order chi connectivity index (χ1) is 18.1. The molecule has 38 heavy (non-hydrogen) atoms. The average molecular weight is 519 g/mol. The van der Waals surface area contributed by atoms with E-state index in [0.29, 0.717) is 23.2 Å². The van der Waals surface area contributed by atoms with Crippen LogP contribution in [0.4, 0.5) is 19.3 Å². The number of hydrogen-bond acceptors (Lipinski definition) is 4. The Morgan fingerprint density at radius 3 is 2.34 bits per heavy atom. The highest BCUT2D eigenvalue weighted by Crippen LogP contribution is 2.20. The summed E-state index contributed by atoms with van der Waals surface area (Å²) in [5.41, 5.74) is 8.26. The molecule has 0 aliphatic rings. The fraction of sp³-hybridized carbons (Fsp3) is 0.214. The predicted molar refractivity (Wildman–Crippen MR) is 141 cm³/mol. The van der Waals surface area contributed by atoms with E-state index >= 15 is 0 Å². The SMILES string of the molecule is CC(C)(Cc1cc(F)cc(F)c1)N=C(N)N(C=O)Cc1ccc(CNC(=O)Nc2cccc(C#N)c2)cc1. The third-order valence-electron chi connectivity index (χ3n) is 5.48. The Hall–Kier alpha value is -4.78. The van der Waals surface area contributed by atoms with Crippen molar-refractivity contribution < 1.29 is 18.4 Å². The maximum absolute atomic E-state index is 13.5. The summed E-state index contributed by atoms with van der Waals surface area (Å²) in [4.78, 5) is 29.5. The lowest BCUT2D eigenvalue weighted by Crippen LogP contribution is -2.39. The van der Waals surface area contributed by atoms with E-state index < -0.39 is 23.2 Å². The molecule has 0 fully saturated rings. The Labute approximate surface area is 219 Å². The molecule has 3 aromatic carbocycles. The summed E-state index contributed by atoms with van der Waals surface area (Å²) < 4.78 is 27.1. The molecule has 0 bridgehead atoms. The second kappa shape index (κ2) is 12.5. The van der Waals surface area contributed by atoms with Gasteiger partial charge >= 0.3 is 6.03 Å². The van der Waals surface area contributed by atoms with E-state index in [9.17, 15) is 18.4 Å². The van der Waals surface area contributed by atoms with E-state index in [1.807, 2.05) is 18.2 Å². The van der Waals surface area contributed by atoms with Gasteiger partial charge in [0.25, 0.3) is 0 Å². The summed E-state index contributed by atoms with van der Waals surface area (Å²) in [5, 5.41) is 14.4. The van der Waals surface area contributed by atoms with Crippen molar-refractivity contribution >= 4 is 24.1 Å². The van der Waals surface area contributed by atoms with Crippen molar-refractivity contribution in [1.29, 1.82) is 5.26 Å². The van der Waals surface area contributed by atoms with Crippen LogP contribution in [0.15, 0.2) is 71.7 Å². The Balaban J connectivity index is 1.56. The molecular weight excluding hydrogens is 490 g/mol. The number of halogens is 2. The highest BCUT2D eigenvalue weighted by Gasteiger charge is 2.21. The molecule has 0 aromatic heterocycles. The van der Waals surface area contributed by atoms with Gasteiger partial charge in [-0.25, -0.2) is 18.6 Å². The van der Waals surface area contributed by atoms with Crippen LogP contribution in [0.5, 0.6) is 0 Å². The number of nitrogens with zero attached hydrogens (tertiary/aromatic N) is 3. The Kier molecular flexibility index (Phi) is 9.11. The van der Waals surface area contributed by atoms with Gasteiger partial charge in [0, 0.05) is 18.3 Å². The van der Waals surface area contributed by atoms with E-state index in [2.05, 4.69) is 15.6 Å². The number of nitriles is 1. The molecule has 0 saturated carbocycles. The molecule has 0 aliphatic heterocycles. The van der Waals surface area contributed by atoms with Gasteiger partial charge in [0.1, 0.15) is 11.6 Å². The van der Waals surface area contributed by atoms with Crippen LogP contribution in [-0.2, 0) is 24.3 Å². The minimum absolute atomic E-state index is 0.0234. The smallest absolute Gasteiger partial charge is 0.319 e. The molecule has 3 aromatic rings. The van der Waals surface area contributed by atoms with Crippen LogP contribution >= 0.6 is 0 Å². The Bertz CT molecular complexity index is 1350. The first-order valence-electron chi connectivity index (χ1n) is 11.7. The summed E-state index contributed by atoms with van der Waals surface area (Å²) in [7, 11) is 0. The summed E-state index contributed by atoms with van der Waals surface area (Å²) in [6.45, 7) is 3.93. The monoisotopic (exact) mass is 518 g/mol. The van der Waals surface area contributed by atoms with Crippen molar-refractivity contribution in [2.24, 2.45) is 10.7 Å².